The molecule has 0 saturated heterocycles. The van der Waals surface area contributed by atoms with Gasteiger partial charge in [-0.25, -0.2) is 4.79 Å². The molecule has 0 spiro atoms. The molecule has 6 heteroatoms. The van der Waals surface area contributed by atoms with Crippen LogP contribution in [0.5, 0.6) is 0 Å². The number of hydrogen-bond acceptors (Lipinski definition) is 4. The van der Waals surface area contributed by atoms with Gasteiger partial charge in [0.05, 0.1) is 5.75 Å². The Kier molecular flexibility index (Phi) is 4.84. The fourth-order valence-corrected chi connectivity index (χ4v) is 1.91. The molecule has 1 aromatic rings. The van der Waals surface area contributed by atoms with Crippen LogP contribution in [0.3, 0.4) is 0 Å². The molecule has 0 bridgehead atoms. The van der Waals surface area contributed by atoms with Crippen molar-refractivity contribution in [3.8, 4) is 0 Å². The molecular formula is C11H15N3O2S. The first-order valence-corrected chi connectivity index (χ1v) is 6.02. The van der Waals surface area contributed by atoms with Gasteiger partial charge in [0.25, 0.3) is 0 Å². The van der Waals surface area contributed by atoms with Crippen molar-refractivity contribution in [1.29, 1.82) is 0 Å². The number of carbonyl (C=O) groups is 2. The summed E-state index contributed by atoms with van der Waals surface area (Å²) in [5, 5.41) is 4.51. The fraction of sp³-hybridized carbons (Fsp3) is 0.273. The van der Waals surface area contributed by atoms with Crippen molar-refractivity contribution in [3.63, 3.8) is 0 Å². The first kappa shape index (κ1) is 13.4. The number of thioether (sulfide) groups is 1. The zero-order chi connectivity index (χ0) is 12.8. The first-order valence-electron chi connectivity index (χ1n) is 5.03. The zero-order valence-corrected chi connectivity index (χ0v) is 10.6. The number of nitrogens with two attached hydrogens (primary N) is 1. The summed E-state index contributed by atoms with van der Waals surface area (Å²) in [6.07, 6.45) is 0. The van der Waals surface area contributed by atoms with E-state index in [0.29, 0.717) is 0 Å². The first-order chi connectivity index (χ1) is 8.02. The third-order valence-electron chi connectivity index (χ3n) is 2.09. The van der Waals surface area contributed by atoms with Crippen molar-refractivity contribution in [3.05, 3.63) is 23.8 Å². The minimum Gasteiger partial charge on any atom is -0.399 e. The highest BCUT2D eigenvalue weighted by Gasteiger charge is 2.06. The summed E-state index contributed by atoms with van der Waals surface area (Å²) in [5.74, 6) is -0.139. The van der Waals surface area contributed by atoms with Gasteiger partial charge in [-0.15, -0.1) is 11.8 Å². The van der Waals surface area contributed by atoms with Gasteiger partial charge >= 0.3 is 6.03 Å². The fourth-order valence-electron chi connectivity index (χ4n) is 1.11. The lowest BCUT2D eigenvalue weighted by Crippen LogP contribution is -2.38. The highest BCUT2D eigenvalue weighted by atomic mass is 32.2. The number of imide groups is 1. The second kappa shape index (κ2) is 6.15. The molecule has 1 rings (SSSR count). The van der Waals surface area contributed by atoms with Gasteiger partial charge in [0.15, 0.2) is 0 Å². The summed E-state index contributed by atoms with van der Waals surface area (Å²) in [7, 11) is 1.46. The molecule has 0 aliphatic carbocycles. The summed E-state index contributed by atoms with van der Waals surface area (Å²) in [6.45, 7) is 1.91. The number of rotatable bonds is 3. The highest BCUT2D eigenvalue weighted by Crippen LogP contribution is 2.22. The van der Waals surface area contributed by atoms with Crippen LogP contribution in [0.15, 0.2) is 23.1 Å². The van der Waals surface area contributed by atoms with Crippen LogP contribution >= 0.6 is 11.8 Å². The van der Waals surface area contributed by atoms with Gasteiger partial charge in [0.1, 0.15) is 0 Å². The summed E-state index contributed by atoms with van der Waals surface area (Å²) in [6, 6.07) is 5.06. The number of hydrogen-bond donors (Lipinski definition) is 3. The number of nitrogen functional groups attached to an aromatic ring is 1. The van der Waals surface area contributed by atoms with E-state index in [4.69, 9.17) is 5.73 Å². The Labute approximate surface area is 104 Å². The number of anilines is 1. The van der Waals surface area contributed by atoms with Crippen LogP contribution in [0.1, 0.15) is 5.56 Å². The van der Waals surface area contributed by atoms with Crippen molar-refractivity contribution in [2.45, 2.75) is 11.8 Å². The van der Waals surface area contributed by atoms with Crippen LogP contribution in [0.4, 0.5) is 10.5 Å². The van der Waals surface area contributed by atoms with Crippen molar-refractivity contribution >= 4 is 29.4 Å². The lowest BCUT2D eigenvalue weighted by atomic mass is 10.2. The molecule has 0 heterocycles. The molecule has 17 heavy (non-hydrogen) atoms. The smallest absolute Gasteiger partial charge is 0.321 e. The van der Waals surface area contributed by atoms with Crippen LogP contribution < -0.4 is 16.4 Å². The van der Waals surface area contributed by atoms with Crippen LogP contribution in [0.2, 0.25) is 0 Å². The van der Waals surface area contributed by atoms with Crippen molar-refractivity contribution < 1.29 is 9.59 Å². The molecule has 0 saturated carbocycles. The number of benzene rings is 1. The van der Waals surface area contributed by atoms with Gasteiger partial charge in [0, 0.05) is 17.6 Å². The number of urea groups is 1. The maximum absolute atomic E-state index is 11.3. The molecule has 3 amide bonds. The van der Waals surface area contributed by atoms with Crippen molar-refractivity contribution in [2.24, 2.45) is 0 Å². The Bertz CT molecular complexity index is 435. The zero-order valence-electron chi connectivity index (χ0n) is 9.74. The van der Waals surface area contributed by atoms with Gasteiger partial charge < -0.3 is 11.1 Å². The summed E-state index contributed by atoms with van der Waals surface area (Å²) in [4.78, 5) is 23.1. The summed E-state index contributed by atoms with van der Waals surface area (Å²) in [5.41, 5.74) is 7.39. The molecule has 92 valence electrons. The van der Waals surface area contributed by atoms with Gasteiger partial charge in [-0.1, -0.05) is 0 Å². The van der Waals surface area contributed by atoms with Crippen LogP contribution in [-0.4, -0.2) is 24.7 Å². The second-order valence-corrected chi connectivity index (χ2v) is 4.48. The van der Waals surface area contributed by atoms with Gasteiger partial charge in [-0.05, 0) is 30.7 Å². The molecule has 0 atom stereocenters. The molecule has 0 unspecified atom stereocenters. The second-order valence-electron chi connectivity index (χ2n) is 3.43. The number of nitrogens with one attached hydrogen (secondary N) is 2. The SMILES string of the molecule is CNC(=O)NC(=O)CSc1ccc(N)c(C)c1. The van der Waals surface area contributed by atoms with Gasteiger partial charge in [0.2, 0.25) is 5.91 Å². The van der Waals surface area contributed by atoms with E-state index in [9.17, 15) is 9.59 Å². The number of carbonyl (C=O) groups excluding carboxylic acids is 2. The predicted octanol–water partition coefficient (Wildman–Crippen LogP) is 1.12. The Morgan fingerprint density at radius 1 is 1.41 bits per heavy atom. The van der Waals surface area contributed by atoms with Crippen LogP contribution in [0, 0.1) is 6.92 Å². The van der Waals surface area contributed by atoms with E-state index in [-0.39, 0.29) is 11.7 Å². The largest absolute Gasteiger partial charge is 0.399 e. The third-order valence-corrected chi connectivity index (χ3v) is 3.09. The summed E-state index contributed by atoms with van der Waals surface area (Å²) >= 11 is 1.36. The Morgan fingerprint density at radius 2 is 2.12 bits per heavy atom. The lowest BCUT2D eigenvalue weighted by molar-refractivity contribution is -0.117. The minimum atomic E-state index is -0.496. The number of amides is 3. The molecule has 5 nitrogen and oxygen atoms in total. The average Bonchev–Trinajstić information content (AvgIpc) is 2.30. The van der Waals surface area contributed by atoms with Crippen LogP contribution in [0.25, 0.3) is 0 Å². The van der Waals surface area contributed by atoms with Gasteiger partial charge in [-0.3, -0.25) is 10.1 Å². The van der Waals surface area contributed by atoms with Crippen molar-refractivity contribution in [2.75, 3.05) is 18.5 Å². The minimum absolute atomic E-state index is 0.191. The lowest BCUT2D eigenvalue weighted by Gasteiger charge is -2.05. The molecule has 0 aliphatic heterocycles. The van der Waals surface area contributed by atoms with E-state index in [1.807, 2.05) is 19.1 Å². The normalized spacial score (nSPS) is 9.76. The predicted molar refractivity (Wildman–Crippen MR) is 68.9 cm³/mol. The number of aryl methyl sites for hydroxylation is 1. The van der Waals surface area contributed by atoms with E-state index < -0.39 is 6.03 Å². The average molecular weight is 253 g/mol. The molecule has 4 N–H and O–H groups in total. The molecule has 1 aromatic carbocycles. The monoisotopic (exact) mass is 253 g/mol. The van der Waals surface area contributed by atoms with Gasteiger partial charge in [-0.2, -0.15) is 0 Å². The molecule has 0 aromatic heterocycles. The van der Waals surface area contributed by atoms with Crippen molar-refractivity contribution in [1.82, 2.24) is 10.6 Å². The summed E-state index contributed by atoms with van der Waals surface area (Å²) < 4.78 is 0. The Balaban J connectivity index is 2.47. The topological polar surface area (TPSA) is 84.2 Å². The highest BCUT2D eigenvalue weighted by molar-refractivity contribution is 8.00. The van der Waals surface area contributed by atoms with E-state index in [2.05, 4.69) is 10.6 Å². The Morgan fingerprint density at radius 3 is 2.71 bits per heavy atom. The molecule has 0 aliphatic rings. The maximum atomic E-state index is 11.3. The maximum Gasteiger partial charge on any atom is 0.321 e. The van der Waals surface area contributed by atoms with E-state index in [1.165, 1.54) is 18.8 Å². The Hall–Kier alpha value is -1.69. The quantitative estimate of drug-likeness (QED) is 0.557. The van der Waals surface area contributed by atoms with E-state index in [1.54, 1.807) is 6.07 Å². The molecular weight excluding hydrogens is 238 g/mol. The van der Waals surface area contributed by atoms with Crippen LogP contribution in [-0.2, 0) is 4.79 Å². The molecule has 0 radical (unpaired) electrons. The standard InChI is InChI=1S/C11H15N3O2S/c1-7-5-8(3-4-9(7)12)17-6-10(15)14-11(16)13-2/h3-5H,6,12H2,1-2H3,(H2,13,14,15,16). The van der Waals surface area contributed by atoms with E-state index >= 15 is 0 Å². The third kappa shape index (κ3) is 4.36. The molecule has 0 fully saturated rings. The van der Waals surface area contributed by atoms with E-state index in [0.717, 1.165) is 16.1 Å².